The highest BCUT2D eigenvalue weighted by Crippen LogP contribution is 2.30. The highest BCUT2D eigenvalue weighted by atomic mass is 19.1. The molecule has 0 heterocycles. The molecule has 0 aliphatic rings. The Bertz CT molecular complexity index is 673. The van der Waals surface area contributed by atoms with Crippen molar-refractivity contribution >= 4 is 11.7 Å². The van der Waals surface area contributed by atoms with Crippen LogP contribution >= 0.6 is 0 Å². The normalized spacial score (nSPS) is 12.0. The van der Waals surface area contributed by atoms with Crippen LogP contribution in [0.5, 0.6) is 0 Å². The molecule has 0 radical (unpaired) electrons. The molecule has 1 N–H and O–H groups in total. The molecule has 0 aromatic heterocycles. The lowest BCUT2D eigenvalue weighted by Gasteiger charge is -2.29. The quantitative estimate of drug-likeness (QED) is 0.930. The lowest BCUT2D eigenvalue weighted by atomic mass is 10.0. The fourth-order valence-electron chi connectivity index (χ4n) is 2.25. The summed E-state index contributed by atoms with van der Waals surface area (Å²) in [7, 11) is 1.61. The van der Waals surface area contributed by atoms with E-state index in [0.717, 1.165) is 6.07 Å². The molecule has 2 aromatic rings. The molecular formula is C16H15F2NO2. The van der Waals surface area contributed by atoms with Gasteiger partial charge in [0.1, 0.15) is 17.2 Å². The van der Waals surface area contributed by atoms with E-state index in [4.69, 9.17) is 5.11 Å². The Balaban J connectivity index is 2.46. The second-order valence-corrected chi connectivity index (χ2v) is 4.75. The van der Waals surface area contributed by atoms with Gasteiger partial charge in [-0.25, -0.2) is 13.6 Å². The number of halogens is 2. The van der Waals surface area contributed by atoms with Crippen LogP contribution in [0.25, 0.3) is 0 Å². The molecule has 2 aromatic carbocycles. The van der Waals surface area contributed by atoms with E-state index >= 15 is 0 Å². The third kappa shape index (κ3) is 2.86. The van der Waals surface area contributed by atoms with Crippen LogP contribution in [-0.4, -0.2) is 18.1 Å². The fraction of sp³-hybridized carbons (Fsp3) is 0.188. The summed E-state index contributed by atoms with van der Waals surface area (Å²) < 4.78 is 27.6. The van der Waals surface area contributed by atoms with Gasteiger partial charge in [0.05, 0.1) is 11.7 Å². The standard InChI is InChI=1S/C16H15F2NO2/c1-10(11-6-3-4-7-12(11)17)19(2)14-9-5-8-13(18)15(14)16(20)21/h3-10H,1-2H3,(H,20,21). The SMILES string of the molecule is CC(c1ccccc1F)N(C)c1cccc(F)c1C(=O)O. The molecule has 0 amide bonds. The third-order valence-corrected chi connectivity index (χ3v) is 3.52. The van der Waals surface area contributed by atoms with Gasteiger partial charge in [0, 0.05) is 12.6 Å². The molecule has 3 nitrogen and oxygen atoms in total. The van der Waals surface area contributed by atoms with E-state index in [9.17, 15) is 13.6 Å². The number of benzene rings is 2. The lowest BCUT2D eigenvalue weighted by molar-refractivity contribution is 0.0692. The predicted molar refractivity (Wildman–Crippen MR) is 76.6 cm³/mol. The number of hydrogen-bond acceptors (Lipinski definition) is 2. The smallest absolute Gasteiger partial charge is 0.340 e. The second kappa shape index (κ2) is 5.91. The van der Waals surface area contributed by atoms with Crippen molar-refractivity contribution in [1.29, 1.82) is 0 Å². The van der Waals surface area contributed by atoms with E-state index in [2.05, 4.69) is 0 Å². The number of carboxylic acid groups (broad SMARTS) is 1. The fourth-order valence-corrected chi connectivity index (χ4v) is 2.25. The van der Waals surface area contributed by atoms with E-state index < -0.39 is 23.4 Å². The Morgan fingerprint density at radius 2 is 1.71 bits per heavy atom. The van der Waals surface area contributed by atoms with Gasteiger partial charge in [-0.1, -0.05) is 24.3 Å². The van der Waals surface area contributed by atoms with E-state index in [1.807, 2.05) is 0 Å². The van der Waals surface area contributed by atoms with Crippen molar-refractivity contribution in [3.63, 3.8) is 0 Å². The highest BCUT2D eigenvalue weighted by molar-refractivity contribution is 5.94. The summed E-state index contributed by atoms with van der Waals surface area (Å²) in [6.07, 6.45) is 0. The lowest BCUT2D eigenvalue weighted by Crippen LogP contribution is -2.25. The van der Waals surface area contributed by atoms with Crippen molar-refractivity contribution < 1.29 is 18.7 Å². The van der Waals surface area contributed by atoms with Gasteiger partial charge in [-0.2, -0.15) is 0 Å². The molecule has 0 saturated heterocycles. The molecule has 0 bridgehead atoms. The number of rotatable bonds is 4. The summed E-state index contributed by atoms with van der Waals surface area (Å²) in [4.78, 5) is 12.8. The van der Waals surface area contributed by atoms with Crippen molar-refractivity contribution in [2.24, 2.45) is 0 Å². The van der Waals surface area contributed by atoms with Gasteiger partial charge >= 0.3 is 5.97 Å². The Morgan fingerprint density at radius 1 is 1.10 bits per heavy atom. The topological polar surface area (TPSA) is 40.5 Å². The molecule has 21 heavy (non-hydrogen) atoms. The minimum absolute atomic E-state index is 0.207. The molecule has 0 spiro atoms. The summed E-state index contributed by atoms with van der Waals surface area (Å²) >= 11 is 0. The number of carboxylic acids is 1. The van der Waals surface area contributed by atoms with Gasteiger partial charge < -0.3 is 10.0 Å². The Morgan fingerprint density at radius 3 is 2.33 bits per heavy atom. The maximum atomic E-state index is 13.8. The van der Waals surface area contributed by atoms with Gasteiger partial charge in [-0.05, 0) is 25.1 Å². The van der Waals surface area contributed by atoms with Crippen LogP contribution in [0.1, 0.15) is 28.9 Å². The van der Waals surface area contributed by atoms with Crippen molar-refractivity contribution in [2.45, 2.75) is 13.0 Å². The third-order valence-electron chi connectivity index (χ3n) is 3.52. The van der Waals surface area contributed by atoms with E-state index in [0.29, 0.717) is 5.56 Å². The van der Waals surface area contributed by atoms with Crippen molar-refractivity contribution in [2.75, 3.05) is 11.9 Å². The van der Waals surface area contributed by atoms with Crippen LogP contribution in [0.2, 0.25) is 0 Å². The van der Waals surface area contributed by atoms with E-state index in [1.54, 1.807) is 37.1 Å². The predicted octanol–water partition coefficient (Wildman–Crippen LogP) is 3.86. The van der Waals surface area contributed by atoms with Gasteiger partial charge in [-0.15, -0.1) is 0 Å². The number of aromatic carboxylic acids is 1. The average molecular weight is 291 g/mol. The molecule has 2 rings (SSSR count). The first-order valence-corrected chi connectivity index (χ1v) is 6.42. The second-order valence-electron chi connectivity index (χ2n) is 4.75. The van der Waals surface area contributed by atoms with Crippen LogP contribution in [0.15, 0.2) is 42.5 Å². The molecule has 0 fully saturated rings. The summed E-state index contributed by atoms with van der Waals surface area (Å²) in [6, 6.07) is 9.83. The molecular weight excluding hydrogens is 276 g/mol. The highest BCUT2D eigenvalue weighted by Gasteiger charge is 2.23. The van der Waals surface area contributed by atoms with Crippen LogP contribution < -0.4 is 4.90 Å². The zero-order chi connectivity index (χ0) is 15.6. The molecule has 0 aliphatic carbocycles. The summed E-state index contributed by atoms with van der Waals surface area (Å²) in [6.45, 7) is 1.73. The van der Waals surface area contributed by atoms with E-state index in [-0.39, 0.29) is 11.5 Å². The van der Waals surface area contributed by atoms with Crippen LogP contribution in [0.4, 0.5) is 14.5 Å². The van der Waals surface area contributed by atoms with Crippen molar-refractivity contribution in [1.82, 2.24) is 0 Å². The number of anilines is 1. The Hall–Kier alpha value is -2.43. The first-order chi connectivity index (χ1) is 9.93. The summed E-state index contributed by atoms with van der Waals surface area (Å²) in [5.41, 5.74) is 0.210. The largest absolute Gasteiger partial charge is 0.478 e. The first-order valence-electron chi connectivity index (χ1n) is 6.42. The summed E-state index contributed by atoms with van der Waals surface area (Å²) in [5.74, 6) is -2.55. The maximum Gasteiger partial charge on any atom is 0.340 e. The van der Waals surface area contributed by atoms with Gasteiger partial charge in [0.25, 0.3) is 0 Å². The van der Waals surface area contributed by atoms with E-state index in [1.165, 1.54) is 18.2 Å². The van der Waals surface area contributed by atoms with Crippen LogP contribution in [0, 0.1) is 11.6 Å². The van der Waals surface area contributed by atoms with Crippen LogP contribution in [0.3, 0.4) is 0 Å². The molecule has 1 unspecified atom stereocenters. The number of carbonyl (C=O) groups is 1. The minimum atomic E-state index is -1.35. The molecule has 5 heteroatoms. The number of nitrogens with zero attached hydrogens (tertiary/aromatic N) is 1. The average Bonchev–Trinajstić information content (AvgIpc) is 2.45. The molecule has 1 atom stereocenters. The van der Waals surface area contributed by atoms with Gasteiger partial charge in [-0.3, -0.25) is 0 Å². The zero-order valence-electron chi connectivity index (χ0n) is 11.7. The van der Waals surface area contributed by atoms with Gasteiger partial charge in [0.2, 0.25) is 0 Å². The summed E-state index contributed by atoms with van der Waals surface area (Å²) in [5, 5.41) is 9.16. The monoisotopic (exact) mass is 291 g/mol. The van der Waals surface area contributed by atoms with Gasteiger partial charge in [0.15, 0.2) is 0 Å². The Labute approximate surface area is 121 Å². The molecule has 110 valence electrons. The minimum Gasteiger partial charge on any atom is -0.478 e. The number of hydrogen-bond donors (Lipinski definition) is 1. The molecule has 0 aliphatic heterocycles. The maximum absolute atomic E-state index is 13.8. The Kier molecular flexibility index (Phi) is 4.21. The van der Waals surface area contributed by atoms with Crippen molar-refractivity contribution in [3.8, 4) is 0 Å². The molecule has 0 saturated carbocycles. The first kappa shape index (κ1) is 15.0. The van der Waals surface area contributed by atoms with Crippen molar-refractivity contribution in [3.05, 3.63) is 65.2 Å². The zero-order valence-corrected chi connectivity index (χ0v) is 11.7. The van der Waals surface area contributed by atoms with Crippen LogP contribution in [-0.2, 0) is 0 Å².